The molecule has 0 aliphatic carbocycles. The summed E-state index contributed by atoms with van der Waals surface area (Å²) in [5, 5.41) is 0. The lowest BCUT2D eigenvalue weighted by Gasteiger charge is -2.44. The summed E-state index contributed by atoms with van der Waals surface area (Å²) >= 11 is 0. The van der Waals surface area contributed by atoms with Crippen molar-refractivity contribution in [2.75, 3.05) is 27.4 Å². The second-order valence-corrected chi connectivity index (χ2v) is 6.53. The van der Waals surface area contributed by atoms with Crippen LogP contribution >= 0.6 is 0 Å². The number of ether oxygens (including phenoxy) is 4. The molecule has 0 radical (unpaired) electrons. The summed E-state index contributed by atoms with van der Waals surface area (Å²) in [7, 11) is 3.15. The Kier molecular flexibility index (Phi) is 3.77. The summed E-state index contributed by atoms with van der Waals surface area (Å²) in [6.45, 7) is 8.38. The predicted octanol–water partition coefficient (Wildman–Crippen LogP) is 1.77. The van der Waals surface area contributed by atoms with Gasteiger partial charge < -0.3 is 18.9 Å². The Morgan fingerprint density at radius 3 is 2.40 bits per heavy atom. The first-order valence-corrected chi connectivity index (χ1v) is 6.93. The molecule has 6 heteroatoms. The standard InChI is InChI=1S/C14H25NO5/c1-12(2,3)20-11(16)15-8-7-10-13(15,4)14(17-5,18-6)9-19-10/h10H,7-9H2,1-6H3. The molecule has 20 heavy (non-hydrogen) atoms. The van der Waals surface area contributed by atoms with E-state index in [1.807, 2.05) is 27.7 Å². The van der Waals surface area contributed by atoms with Crippen molar-refractivity contribution in [3.8, 4) is 0 Å². The zero-order valence-corrected chi connectivity index (χ0v) is 13.2. The van der Waals surface area contributed by atoms with Crippen LogP contribution in [0.2, 0.25) is 0 Å². The molecule has 0 bridgehead atoms. The van der Waals surface area contributed by atoms with Crippen LogP contribution in [0, 0.1) is 0 Å². The van der Waals surface area contributed by atoms with Gasteiger partial charge in [0.05, 0.1) is 6.10 Å². The highest BCUT2D eigenvalue weighted by Crippen LogP contribution is 2.48. The second kappa shape index (κ2) is 4.86. The van der Waals surface area contributed by atoms with Crippen molar-refractivity contribution in [1.29, 1.82) is 0 Å². The first-order chi connectivity index (χ1) is 9.20. The molecule has 0 N–H and O–H groups in total. The topological polar surface area (TPSA) is 57.2 Å². The maximum atomic E-state index is 12.5. The summed E-state index contributed by atoms with van der Waals surface area (Å²) in [5.41, 5.74) is -1.22. The van der Waals surface area contributed by atoms with Gasteiger partial charge in [0.15, 0.2) is 0 Å². The fourth-order valence-corrected chi connectivity index (χ4v) is 3.20. The molecule has 0 aromatic rings. The molecule has 2 atom stereocenters. The molecule has 0 spiro atoms. The average molecular weight is 287 g/mol. The maximum absolute atomic E-state index is 12.5. The van der Waals surface area contributed by atoms with Gasteiger partial charge in [0.25, 0.3) is 0 Å². The van der Waals surface area contributed by atoms with Crippen LogP contribution in [-0.2, 0) is 18.9 Å². The van der Waals surface area contributed by atoms with Gasteiger partial charge in [-0.05, 0) is 34.1 Å². The molecule has 2 fully saturated rings. The average Bonchev–Trinajstić information content (AvgIpc) is 2.80. The Morgan fingerprint density at radius 2 is 1.90 bits per heavy atom. The van der Waals surface area contributed by atoms with Crippen molar-refractivity contribution >= 4 is 6.09 Å². The maximum Gasteiger partial charge on any atom is 0.411 e. The van der Waals surface area contributed by atoms with Crippen molar-refractivity contribution in [3.05, 3.63) is 0 Å². The lowest BCUT2D eigenvalue weighted by Crippen LogP contribution is -2.64. The van der Waals surface area contributed by atoms with Crippen LogP contribution in [0.15, 0.2) is 0 Å². The van der Waals surface area contributed by atoms with E-state index in [-0.39, 0.29) is 12.2 Å². The van der Waals surface area contributed by atoms with E-state index in [1.165, 1.54) is 0 Å². The Bertz CT molecular complexity index is 388. The van der Waals surface area contributed by atoms with Gasteiger partial charge in [0, 0.05) is 20.8 Å². The van der Waals surface area contributed by atoms with E-state index in [1.54, 1.807) is 19.1 Å². The molecule has 6 nitrogen and oxygen atoms in total. The van der Waals surface area contributed by atoms with Crippen LogP contribution < -0.4 is 0 Å². The molecule has 2 rings (SSSR count). The normalized spacial score (nSPS) is 32.3. The third kappa shape index (κ3) is 2.10. The molecule has 1 amide bonds. The third-order valence-electron chi connectivity index (χ3n) is 4.32. The number of carbonyl (C=O) groups excluding carboxylic acids is 1. The van der Waals surface area contributed by atoms with Gasteiger partial charge in [-0.3, -0.25) is 4.90 Å². The van der Waals surface area contributed by atoms with Crippen LogP contribution in [0.3, 0.4) is 0 Å². The predicted molar refractivity (Wildman–Crippen MR) is 72.5 cm³/mol. The van der Waals surface area contributed by atoms with Crippen molar-refractivity contribution in [1.82, 2.24) is 4.90 Å². The molecule has 0 saturated carbocycles. The Labute approximate surface area is 120 Å². The van der Waals surface area contributed by atoms with E-state index < -0.39 is 16.9 Å². The number of carbonyl (C=O) groups is 1. The smallest absolute Gasteiger partial charge is 0.411 e. The number of hydrogen-bond donors (Lipinski definition) is 0. The number of amides is 1. The monoisotopic (exact) mass is 287 g/mol. The Hall–Kier alpha value is -0.850. The number of fused-ring (bicyclic) bond motifs is 1. The molecule has 2 aliphatic heterocycles. The Morgan fingerprint density at radius 1 is 1.30 bits per heavy atom. The molecule has 0 aromatic carbocycles. The van der Waals surface area contributed by atoms with Gasteiger partial charge >= 0.3 is 6.09 Å². The second-order valence-electron chi connectivity index (χ2n) is 6.53. The first-order valence-electron chi connectivity index (χ1n) is 6.93. The van der Waals surface area contributed by atoms with Gasteiger partial charge in [-0.2, -0.15) is 0 Å². The van der Waals surface area contributed by atoms with E-state index in [0.717, 1.165) is 6.42 Å². The molecule has 0 aromatic heterocycles. The third-order valence-corrected chi connectivity index (χ3v) is 4.32. The number of nitrogens with zero attached hydrogens (tertiary/aromatic N) is 1. The minimum absolute atomic E-state index is 0.102. The zero-order valence-electron chi connectivity index (χ0n) is 13.2. The van der Waals surface area contributed by atoms with E-state index >= 15 is 0 Å². The van der Waals surface area contributed by atoms with Crippen molar-refractivity contribution in [3.63, 3.8) is 0 Å². The summed E-state index contributed by atoms with van der Waals surface area (Å²) in [4.78, 5) is 14.1. The van der Waals surface area contributed by atoms with Crippen LogP contribution in [0.1, 0.15) is 34.1 Å². The molecule has 2 unspecified atom stereocenters. The van der Waals surface area contributed by atoms with E-state index in [9.17, 15) is 4.79 Å². The largest absolute Gasteiger partial charge is 0.444 e. The van der Waals surface area contributed by atoms with E-state index in [0.29, 0.717) is 13.2 Å². The zero-order chi connectivity index (χ0) is 15.2. The van der Waals surface area contributed by atoms with E-state index in [4.69, 9.17) is 18.9 Å². The van der Waals surface area contributed by atoms with Crippen molar-refractivity contribution < 1.29 is 23.7 Å². The van der Waals surface area contributed by atoms with Crippen LogP contribution in [0.4, 0.5) is 4.79 Å². The summed E-state index contributed by atoms with van der Waals surface area (Å²) in [6, 6.07) is 0. The summed E-state index contributed by atoms with van der Waals surface area (Å²) in [6.07, 6.45) is 0.297. The van der Waals surface area contributed by atoms with Gasteiger partial charge in [-0.15, -0.1) is 0 Å². The number of rotatable bonds is 2. The lowest BCUT2D eigenvalue weighted by molar-refractivity contribution is -0.249. The molecule has 2 aliphatic rings. The quantitative estimate of drug-likeness (QED) is 0.725. The van der Waals surface area contributed by atoms with Crippen LogP contribution in [0.25, 0.3) is 0 Å². The fraction of sp³-hybridized carbons (Fsp3) is 0.929. The highest BCUT2D eigenvalue weighted by atomic mass is 16.7. The van der Waals surface area contributed by atoms with Crippen molar-refractivity contribution in [2.24, 2.45) is 0 Å². The first kappa shape index (κ1) is 15.5. The molecular formula is C14H25NO5. The number of likely N-dealkylation sites (tertiary alicyclic amines) is 1. The van der Waals surface area contributed by atoms with Gasteiger partial charge in [-0.25, -0.2) is 4.79 Å². The molecule has 2 heterocycles. The SMILES string of the molecule is COC1(OC)COC2CCN(C(=O)OC(C)(C)C)C21C. The highest BCUT2D eigenvalue weighted by Gasteiger charge is 2.67. The highest BCUT2D eigenvalue weighted by molar-refractivity contribution is 5.70. The Balaban J connectivity index is 2.29. The fourth-order valence-electron chi connectivity index (χ4n) is 3.20. The van der Waals surface area contributed by atoms with E-state index in [2.05, 4.69) is 0 Å². The summed E-state index contributed by atoms with van der Waals surface area (Å²) in [5.74, 6) is -0.953. The number of methoxy groups -OCH3 is 2. The van der Waals surface area contributed by atoms with Gasteiger partial charge in [0.2, 0.25) is 5.79 Å². The lowest BCUT2D eigenvalue weighted by atomic mass is 9.88. The van der Waals surface area contributed by atoms with Crippen LogP contribution in [0.5, 0.6) is 0 Å². The molecular weight excluding hydrogens is 262 g/mol. The minimum Gasteiger partial charge on any atom is -0.444 e. The molecule has 116 valence electrons. The summed E-state index contributed by atoms with van der Waals surface area (Å²) < 4.78 is 22.4. The van der Waals surface area contributed by atoms with Gasteiger partial charge in [0.1, 0.15) is 17.7 Å². The molecule has 2 saturated heterocycles. The number of hydrogen-bond acceptors (Lipinski definition) is 5. The van der Waals surface area contributed by atoms with Crippen molar-refractivity contribution in [2.45, 2.75) is 57.1 Å². The minimum atomic E-state index is -0.953. The van der Waals surface area contributed by atoms with Crippen LogP contribution in [-0.4, -0.2) is 61.4 Å². The van der Waals surface area contributed by atoms with Gasteiger partial charge in [-0.1, -0.05) is 0 Å².